The molecule has 1 aliphatic rings. The summed E-state index contributed by atoms with van der Waals surface area (Å²) < 4.78 is 20.8. The summed E-state index contributed by atoms with van der Waals surface area (Å²) in [6, 6.07) is 0. The Balaban J connectivity index is 2.77. The largest absolute Gasteiger partial charge is 0.481 e. The minimum Gasteiger partial charge on any atom is -0.481 e. The Hall–Kier alpha value is -1.06. The number of aliphatic carboxylic acids is 1. The van der Waals surface area contributed by atoms with Crippen molar-refractivity contribution in [2.45, 2.75) is 6.42 Å². The van der Waals surface area contributed by atoms with Gasteiger partial charge in [0.1, 0.15) is 5.92 Å². The molecule has 4 heteroatoms. The zero-order valence-corrected chi connectivity index (χ0v) is 5.20. The van der Waals surface area contributed by atoms with Crippen LogP contribution in [-0.2, 0) is 9.59 Å². The van der Waals surface area contributed by atoms with E-state index in [0.717, 1.165) is 0 Å². The van der Waals surface area contributed by atoms with Crippen molar-refractivity contribution in [2.24, 2.45) is 5.92 Å². The molecule has 1 aliphatic heterocycles. The van der Waals surface area contributed by atoms with Crippen LogP contribution in [0.5, 0.6) is 0 Å². The third-order valence-electron chi connectivity index (χ3n) is 1.50. The predicted octanol–water partition coefficient (Wildman–Crippen LogP) is -0.451. The van der Waals surface area contributed by atoms with Crippen molar-refractivity contribution in [3.05, 3.63) is 0 Å². The molecule has 0 bridgehead atoms. The lowest BCUT2D eigenvalue weighted by Crippen LogP contribution is -2.26. The summed E-state index contributed by atoms with van der Waals surface area (Å²) in [7, 11) is 0. The molecule has 56 valence electrons. The fourth-order valence-electron chi connectivity index (χ4n) is 0.909. The Kier molecular flexibility index (Phi) is 0.903. The number of amides is 1. The van der Waals surface area contributed by atoms with Gasteiger partial charge in [-0.3, -0.25) is 9.59 Å². The van der Waals surface area contributed by atoms with E-state index in [4.69, 9.17) is 9.22 Å². The third-order valence-corrected chi connectivity index (χ3v) is 1.50. The number of carboxylic acid groups (broad SMARTS) is 1. The molecule has 1 fully saturated rings. The van der Waals surface area contributed by atoms with Crippen molar-refractivity contribution in [3.8, 4) is 0 Å². The topological polar surface area (TPSA) is 57.6 Å². The molecule has 10 heavy (non-hydrogen) atoms. The van der Waals surface area contributed by atoms with Crippen LogP contribution in [0.4, 0.5) is 0 Å². The molecule has 1 unspecified atom stereocenters. The van der Waals surface area contributed by atoms with E-state index >= 15 is 0 Å². The van der Waals surface area contributed by atoms with Gasteiger partial charge in [-0.2, -0.15) is 0 Å². The van der Waals surface area contributed by atoms with Gasteiger partial charge in [0.05, 0.1) is 0 Å². The van der Waals surface area contributed by atoms with Crippen LogP contribution < -0.4 is 0 Å². The van der Waals surface area contributed by atoms with Crippen LogP contribution in [0.3, 0.4) is 0 Å². The van der Waals surface area contributed by atoms with Gasteiger partial charge in [-0.05, 0) is 6.42 Å². The van der Waals surface area contributed by atoms with Gasteiger partial charge in [0.2, 0.25) is 5.91 Å². The van der Waals surface area contributed by atoms with E-state index < -0.39 is 24.8 Å². The lowest BCUT2D eigenvalue weighted by atomic mass is 10.1. The van der Waals surface area contributed by atoms with Crippen molar-refractivity contribution in [1.82, 2.24) is 4.90 Å². The summed E-state index contributed by atoms with van der Waals surface area (Å²) in [5, 5.41) is 8.54. The predicted molar refractivity (Wildman–Crippen MR) is 33.4 cm³/mol. The minimum atomic E-state index is -2.51. The van der Waals surface area contributed by atoms with E-state index in [1.807, 2.05) is 0 Å². The molecule has 0 spiro atoms. The first-order valence-corrected chi connectivity index (χ1v) is 2.88. The van der Waals surface area contributed by atoms with E-state index in [1.54, 1.807) is 0 Å². The van der Waals surface area contributed by atoms with Gasteiger partial charge < -0.3 is 10.0 Å². The smallest absolute Gasteiger partial charge is 0.316 e. The number of hydrogen-bond acceptors (Lipinski definition) is 2. The average Bonchev–Trinajstić information content (AvgIpc) is 2.28. The van der Waals surface area contributed by atoms with Crippen LogP contribution in [0.25, 0.3) is 0 Å². The SMILES string of the molecule is [2H]C([2H])([2H])N1CCC(C(=O)O)C1=O. The number of hydrogen-bond donors (Lipinski definition) is 1. The van der Waals surface area contributed by atoms with Gasteiger partial charge in [0.25, 0.3) is 0 Å². The molecule has 0 aromatic rings. The summed E-state index contributed by atoms with van der Waals surface area (Å²) in [5.41, 5.74) is 0. The molecular formula is C6H9NO3. The summed E-state index contributed by atoms with van der Waals surface area (Å²) in [6.45, 7) is -2.52. The number of nitrogens with zero attached hydrogens (tertiary/aromatic N) is 1. The number of carbonyl (C=O) groups is 2. The molecule has 0 aromatic heterocycles. The highest BCUT2D eigenvalue weighted by molar-refractivity contribution is 5.98. The van der Waals surface area contributed by atoms with E-state index in [0.29, 0.717) is 4.90 Å². The third kappa shape index (κ3) is 0.964. The van der Waals surface area contributed by atoms with Gasteiger partial charge in [-0.1, -0.05) is 0 Å². The summed E-state index contributed by atoms with van der Waals surface area (Å²) in [5.74, 6) is -3.25. The number of rotatable bonds is 1. The lowest BCUT2D eigenvalue weighted by Gasteiger charge is -2.05. The van der Waals surface area contributed by atoms with Crippen LogP contribution >= 0.6 is 0 Å². The summed E-state index contributed by atoms with van der Waals surface area (Å²) in [4.78, 5) is 22.3. The van der Waals surface area contributed by atoms with Gasteiger partial charge in [-0.15, -0.1) is 0 Å². The molecule has 1 rings (SSSR count). The monoisotopic (exact) mass is 146 g/mol. The van der Waals surface area contributed by atoms with Crippen LogP contribution in [0.1, 0.15) is 10.5 Å². The number of likely N-dealkylation sites (tertiary alicyclic amines) is 1. The van der Waals surface area contributed by atoms with Gasteiger partial charge in [-0.25, -0.2) is 0 Å². The molecule has 1 saturated heterocycles. The van der Waals surface area contributed by atoms with Crippen molar-refractivity contribution in [3.63, 3.8) is 0 Å². The fourth-order valence-corrected chi connectivity index (χ4v) is 0.909. The number of carbonyl (C=O) groups excluding carboxylic acids is 1. The second-order valence-corrected chi connectivity index (χ2v) is 2.17. The molecule has 0 aromatic carbocycles. The second kappa shape index (κ2) is 2.28. The van der Waals surface area contributed by atoms with E-state index in [9.17, 15) is 9.59 Å². The Morgan fingerprint density at radius 2 is 2.70 bits per heavy atom. The molecule has 4 nitrogen and oxygen atoms in total. The zero-order valence-electron chi connectivity index (χ0n) is 8.20. The molecule has 0 aliphatic carbocycles. The second-order valence-electron chi connectivity index (χ2n) is 2.17. The summed E-state index contributed by atoms with van der Waals surface area (Å²) >= 11 is 0. The average molecular weight is 146 g/mol. The van der Waals surface area contributed by atoms with E-state index in [-0.39, 0.29) is 13.0 Å². The first kappa shape index (κ1) is 3.95. The Morgan fingerprint density at radius 3 is 3.00 bits per heavy atom. The van der Waals surface area contributed by atoms with Crippen molar-refractivity contribution in [2.75, 3.05) is 13.5 Å². The molecule has 1 amide bonds. The van der Waals surface area contributed by atoms with Crippen LogP contribution in [0.2, 0.25) is 0 Å². The van der Waals surface area contributed by atoms with Crippen molar-refractivity contribution < 1.29 is 18.8 Å². The van der Waals surface area contributed by atoms with E-state index in [1.165, 1.54) is 0 Å². The first-order chi connectivity index (χ1) is 5.84. The van der Waals surface area contributed by atoms with Crippen molar-refractivity contribution >= 4 is 11.9 Å². The van der Waals surface area contributed by atoms with Crippen LogP contribution in [-0.4, -0.2) is 35.4 Å². The normalized spacial score (nSPS) is 31.2. The quantitative estimate of drug-likeness (QED) is 0.510. The first-order valence-electron chi connectivity index (χ1n) is 4.38. The highest BCUT2D eigenvalue weighted by Gasteiger charge is 2.34. The standard InChI is InChI=1S/C6H9NO3/c1-7-3-2-4(5(7)8)6(9)10/h4H,2-3H2,1H3,(H,9,10)/i1D3. The fraction of sp³-hybridized carbons (Fsp3) is 0.667. The van der Waals surface area contributed by atoms with Gasteiger partial charge >= 0.3 is 5.97 Å². The molecule has 1 N–H and O–H groups in total. The molecule has 0 saturated carbocycles. The maximum atomic E-state index is 11.2. The minimum absolute atomic E-state index is 0.00764. The maximum absolute atomic E-state index is 11.2. The van der Waals surface area contributed by atoms with Gasteiger partial charge in [0, 0.05) is 17.6 Å². The van der Waals surface area contributed by atoms with Crippen molar-refractivity contribution in [1.29, 1.82) is 0 Å². The van der Waals surface area contributed by atoms with Crippen LogP contribution in [0.15, 0.2) is 0 Å². The van der Waals surface area contributed by atoms with Gasteiger partial charge in [0.15, 0.2) is 0 Å². The molecule has 1 heterocycles. The molecule has 1 atom stereocenters. The Morgan fingerprint density at radius 1 is 2.00 bits per heavy atom. The zero-order chi connectivity index (χ0) is 10.2. The molecule has 0 radical (unpaired) electrons. The number of carboxylic acids is 1. The highest BCUT2D eigenvalue weighted by Crippen LogP contribution is 2.15. The maximum Gasteiger partial charge on any atom is 0.316 e. The Bertz CT molecular complexity index is 250. The summed E-state index contributed by atoms with van der Waals surface area (Å²) in [6.07, 6.45) is 0.0759. The lowest BCUT2D eigenvalue weighted by molar-refractivity contribution is -0.147. The Labute approximate surface area is 62.7 Å². The highest BCUT2D eigenvalue weighted by atomic mass is 16.4. The van der Waals surface area contributed by atoms with E-state index in [2.05, 4.69) is 0 Å². The molecular weight excluding hydrogens is 134 g/mol. The van der Waals surface area contributed by atoms with Crippen LogP contribution in [0, 0.1) is 5.92 Å².